The summed E-state index contributed by atoms with van der Waals surface area (Å²) in [4.78, 5) is 11.6. The van der Waals surface area contributed by atoms with Crippen LogP contribution in [0.3, 0.4) is 0 Å². The van der Waals surface area contributed by atoms with E-state index in [-0.39, 0.29) is 0 Å². The molecule has 0 spiro atoms. The summed E-state index contributed by atoms with van der Waals surface area (Å²) < 4.78 is 0. The fraction of sp³-hybridized carbons (Fsp3) is 0.750. The van der Waals surface area contributed by atoms with E-state index < -0.39 is 0 Å². The monoisotopic (exact) mass is 276 g/mol. The number of anilines is 2. The molecule has 4 nitrogen and oxygen atoms in total. The number of nitrogens with zero attached hydrogens (tertiary/aromatic N) is 3. The number of aryl methyl sites for hydroxylation is 1. The first kappa shape index (κ1) is 15.1. The number of piperidine rings is 1. The van der Waals surface area contributed by atoms with E-state index in [0.29, 0.717) is 5.41 Å². The highest BCUT2D eigenvalue weighted by Crippen LogP contribution is 2.39. The minimum atomic E-state index is 0.554. The lowest BCUT2D eigenvalue weighted by molar-refractivity contribution is 0.199. The van der Waals surface area contributed by atoms with Gasteiger partial charge in [0.15, 0.2) is 0 Å². The van der Waals surface area contributed by atoms with Crippen molar-refractivity contribution in [3.63, 3.8) is 0 Å². The molecule has 0 radical (unpaired) electrons. The Hall–Kier alpha value is -1.32. The minimum Gasteiger partial charge on any atom is -0.373 e. The second-order valence-corrected chi connectivity index (χ2v) is 6.01. The molecule has 0 saturated carbocycles. The van der Waals surface area contributed by atoms with Gasteiger partial charge in [-0.05, 0) is 32.1 Å². The molecule has 1 N–H and O–H groups in total. The van der Waals surface area contributed by atoms with Crippen molar-refractivity contribution in [1.82, 2.24) is 9.97 Å². The van der Waals surface area contributed by atoms with Gasteiger partial charge in [-0.3, -0.25) is 0 Å². The van der Waals surface area contributed by atoms with E-state index in [1.54, 1.807) is 0 Å². The average molecular weight is 276 g/mol. The Balaban J connectivity index is 2.21. The first-order chi connectivity index (χ1) is 9.55. The zero-order valence-corrected chi connectivity index (χ0v) is 13.6. The predicted octanol–water partition coefficient (Wildman–Crippen LogP) is 3.54. The molecule has 2 heterocycles. The van der Waals surface area contributed by atoms with Crippen LogP contribution in [0, 0.1) is 19.3 Å². The second-order valence-electron chi connectivity index (χ2n) is 6.01. The van der Waals surface area contributed by atoms with E-state index in [2.05, 4.69) is 41.0 Å². The third-order valence-electron chi connectivity index (χ3n) is 5.09. The van der Waals surface area contributed by atoms with Gasteiger partial charge in [-0.2, -0.15) is 0 Å². The van der Waals surface area contributed by atoms with Crippen molar-refractivity contribution < 1.29 is 0 Å². The minimum absolute atomic E-state index is 0.554. The summed E-state index contributed by atoms with van der Waals surface area (Å²) in [7, 11) is 1.92. The molecule has 2 rings (SSSR count). The summed E-state index contributed by atoms with van der Waals surface area (Å²) in [6.45, 7) is 11.0. The van der Waals surface area contributed by atoms with Gasteiger partial charge in [-0.25, -0.2) is 9.97 Å². The van der Waals surface area contributed by atoms with Crippen molar-refractivity contribution in [2.45, 2.75) is 53.4 Å². The Morgan fingerprint density at radius 1 is 1.10 bits per heavy atom. The van der Waals surface area contributed by atoms with Crippen LogP contribution in [0.5, 0.6) is 0 Å². The normalized spacial score (nSPS) is 18.1. The van der Waals surface area contributed by atoms with Crippen molar-refractivity contribution >= 4 is 11.6 Å². The fourth-order valence-corrected chi connectivity index (χ4v) is 3.31. The van der Waals surface area contributed by atoms with Crippen LogP contribution in [-0.2, 0) is 0 Å². The van der Waals surface area contributed by atoms with Gasteiger partial charge in [0.1, 0.15) is 17.5 Å². The van der Waals surface area contributed by atoms with Gasteiger partial charge < -0.3 is 10.2 Å². The molecular formula is C16H28N4. The van der Waals surface area contributed by atoms with Crippen molar-refractivity contribution in [2.24, 2.45) is 5.41 Å². The predicted molar refractivity (Wildman–Crippen MR) is 85.5 cm³/mol. The molecule has 0 atom stereocenters. The molecular weight excluding hydrogens is 248 g/mol. The zero-order chi connectivity index (χ0) is 14.8. The SMILES string of the molecule is CCC1(CC)CCN(c2nc(C)nc(NC)c2C)CC1. The lowest BCUT2D eigenvalue weighted by Crippen LogP contribution is -2.40. The molecule has 0 amide bonds. The van der Waals surface area contributed by atoms with E-state index in [4.69, 9.17) is 0 Å². The summed E-state index contributed by atoms with van der Waals surface area (Å²) in [5.74, 6) is 2.91. The van der Waals surface area contributed by atoms with Crippen LogP contribution < -0.4 is 10.2 Å². The summed E-state index contributed by atoms with van der Waals surface area (Å²) >= 11 is 0. The van der Waals surface area contributed by atoms with Gasteiger partial charge in [0.2, 0.25) is 0 Å². The Bertz CT molecular complexity index is 456. The quantitative estimate of drug-likeness (QED) is 0.913. The number of rotatable bonds is 4. The highest BCUT2D eigenvalue weighted by Gasteiger charge is 2.32. The maximum Gasteiger partial charge on any atom is 0.137 e. The summed E-state index contributed by atoms with van der Waals surface area (Å²) in [5.41, 5.74) is 1.72. The average Bonchev–Trinajstić information content (AvgIpc) is 2.49. The molecule has 1 aromatic heterocycles. The van der Waals surface area contributed by atoms with Crippen molar-refractivity contribution in [1.29, 1.82) is 0 Å². The standard InChI is InChI=1S/C16H28N4/c1-6-16(7-2)8-10-20(11-9-16)15-12(3)14(17-5)18-13(4)19-15/h6-11H2,1-5H3,(H,17,18,19). The molecule has 1 aromatic rings. The van der Waals surface area contributed by atoms with Gasteiger partial charge in [0.25, 0.3) is 0 Å². The summed E-state index contributed by atoms with van der Waals surface area (Å²) in [6.07, 6.45) is 5.14. The molecule has 1 saturated heterocycles. The van der Waals surface area contributed by atoms with Crippen LogP contribution in [0.15, 0.2) is 0 Å². The lowest BCUT2D eigenvalue weighted by Gasteiger charge is -2.42. The fourth-order valence-electron chi connectivity index (χ4n) is 3.31. The lowest BCUT2D eigenvalue weighted by atomic mass is 9.74. The number of aromatic nitrogens is 2. The van der Waals surface area contributed by atoms with Crippen LogP contribution in [0.4, 0.5) is 11.6 Å². The van der Waals surface area contributed by atoms with E-state index >= 15 is 0 Å². The van der Waals surface area contributed by atoms with Crippen LogP contribution in [-0.4, -0.2) is 30.1 Å². The highest BCUT2D eigenvalue weighted by molar-refractivity contribution is 5.58. The molecule has 1 aliphatic rings. The molecule has 1 fully saturated rings. The zero-order valence-electron chi connectivity index (χ0n) is 13.6. The largest absolute Gasteiger partial charge is 0.373 e. The molecule has 0 aliphatic carbocycles. The molecule has 0 aromatic carbocycles. The third-order valence-corrected chi connectivity index (χ3v) is 5.09. The van der Waals surface area contributed by atoms with E-state index in [9.17, 15) is 0 Å². The number of hydrogen-bond acceptors (Lipinski definition) is 4. The topological polar surface area (TPSA) is 41.1 Å². The molecule has 1 aliphatic heterocycles. The highest BCUT2D eigenvalue weighted by atomic mass is 15.2. The smallest absolute Gasteiger partial charge is 0.137 e. The maximum absolute atomic E-state index is 4.68. The summed E-state index contributed by atoms with van der Waals surface area (Å²) in [5, 5.41) is 3.18. The molecule has 0 unspecified atom stereocenters. The number of nitrogens with one attached hydrogen (secondary N) is 1. The first-order valence-corrected chi connectivity index (χ1v) is 7.83. The molecule has 0 bridgehead atoms. The number of hydrogen-bond donors (Lipinski definition) is 1. The Morgan fingerprint density at radius 2 is 1.70 bits per heavy atom. The third kappa shape index (κ3) is 2.74. The van der Waals surface area contributed by atoms with Gasteiger partial charge >= 0.3 is 0 Å². The molecule has 112 valence electrons. The Labute approximate surface area is 123 Å². The second kappa shape index (κ2) is 5.98. The summed E-state index contributed by atoms with van der Waals surface area (Å²) in [6, 6.07) is 0. The van der Waals surface area contributed by atoms with Crippen LogP contribution >= 0.6 is 0 Å². The van der Waals surface area contributed by atoms with Gasteiger partial charge in [-0.1, -0.05) is 26.7 Å². The van der Waals surface area contributed by atoms with Crippen molar-refractivity contribution in [3.05, 3.63) is 11.4 Å². The Kier molecular flexibility index (Phi) is 4.51. The maximum atomic E-state index is 4.68. The van der Waals surface area contributed by atoms with Gasteiger partial charge in [-0.15, -0.1) is 0 Å². The molecule has 20 heavy (non-hydrogen) atoms. The van der Waals surface area contributed by atoms with E-state index in [0.717, 1.165) is 30.5 Å². The van der Waals surface area contributed by atoms with Gasteiger partial charge in [0, 0.05) is 25.7 Å². The van der Waals surface area contributed by atoms with E-state index in [1.165, 1.54) is 31.2 Å². The van der Waals surface area contributed by atoms with Crippen molar-refractivity contribution in [3.8, 4) is 0 Å². The van der Waals surface area contributed by atoms with Crippen molar-refractivity contribution in [2.75, 3.05) is 30.4 Å². The van der Waals surface area contributed by atoms with Gasteiger partial charge in [0.05, 0.1) is 0 Å². The van der Waals surface area contributed by atoms with Crippen LogP contribution in [0.2, 0.25) is 0 Å². The first-order valence-electron chi connectivity index (χ1n) is 7.83. The van der Waals surface area contributed by atoms with Crippen LogP contribution in [0.1, 0.15) is 50.9 Å². The Morgan fingerprint density at radius 3 is 2.20 bits per heavy atom. The van der Waals surface area contributed by atoms with Crippen LogP contribution in [0.25, 0.3) is 0 Å². The van der Waals surface area contributed by atoms with E-state index in [1.807, 2.05) is 14.0 Å². The molecule has 4 heteroatoms.